The highest BCUT2D eigenvalue weighted by Crippen LogP contribution is 2.09. The molecule has 1 unspecified atom stereocenters. The summed E-state index contributed by atoms with van der Waals surface area (Å²) in [7, 11) is 0. The van der Waals surface area contributed by atoms with Gasteiger partial charge in [-0.25, -0.2) is 0 Å². The van der Waals surface area contributed by atoms with Gasteiger partial charge >= 0.3 is 0 Å². The van der Waals surface area contributed by atoms with Gasteiger partial charge in [-0.15, -0.1) is 0 Å². The first-order chi connectivity index (χ1) is 8.34. The van der Waals surface area contributed by atoms with Crippen LogP contribution in [0.2, 0.25) is 0 Å². The molecule has 1 atom stereocenters. The Morgan fingerprint density at radius 1 is 1.29 bits per heavy atom. The number of hydrogen-bond donors (Lipinski definition) is 1. The van der Waals surface area contributed by atoms with E-state index < -0.39 is 0 Å². The summed E-state index contributed by atoms with van der Waals surface area (Å²) in [5.74, 6) is 0. The number of ether oxygens (including phenoxy) is 1. The van der Waals surface area contributed by atoms with E-state index in [0.29, 0.717) is 6.04 Å². The largest absolute Gasteiger partial charge is 0.381 e. The predicted octanol–water partition coefficient (Wildman–Crippen LogP) is 2.70. The Balaban J connectivity index is 1.71. The van der Waals surface area contributed by atoms with Crippen molar-refractivity contribution in [2.75, 3.05) is 19.8 Å². The maximum atomic E-state index is 5.47. The van der Waals surface area contributed by atoms with Gasteiger partial charge in [-0.05, 0) is 44.7 Å². The SMILES string of the molecule is Cc1cccc(CCNC2CCCOCC2)c1. The van der Waals surface area contributed by atoms with Crippen LogP contribution in [0, 0.1) is 6.92 Å². The molecule has 2 rings (SSSR count). The van der Waals surface area contributed by atoms with Crippen molar-refractivity contribution in [2.45, 2.75) is 38.6 Å². The third-order valence-corrected chi connectivity index (χ3v) is 3.38. The average Bonchev–Trinajstić information content (AvgIpc) is 2.58. The topological polar surface area (TPSA) is 21.3 Å². The third kappa shape index (κ3) is 4.49. The second-order valence-electron chi connectivity index (χ2n) is 4.93. The molecule has 2 heteroatoms. The number of benzene rings is 1. The van der Waals surface area contributed by atoms with E-state index >= 15 is 0 Å². The Bertz CT molecular complexity index is 329. The minimum absolute atomic E-state index is 0.655. The molecule has 0 aliphatic carbocycles. The van der Waals surface area contributed by atoms with Crippen molar-refractivity contribution in [2.24, 2.45) is 0 Å². The smallest absolute Gasteiger partial charge is 0.0480 e. The highest BCUT2D eigenvalue weighted by Gasteiger charge is 2.10. The average molecular weight is 233 g/mol. The van der Waals surface area contributed by atoms with Crippen LogP contribution >= 0.6 is 0 Å². The number of nitrogens with one attached hydrogen (secondary N) is 1. The maximum absolute atomic E-state index is 5.47. The molecule has 1 fully saturated rings. The van der Waals surface area contributed by atoms with Crippen molar-refractivity contribution < 1.29 is 4.74 Å². The van der Waals surface area contributed by atoms with Crippen LogP contribution in [0.3, 0.4) is 0 Å². The normalized spacial score (nSPS) is 21.1. The quantitative estimate of drug-likeness (QED) is 0.863. The fourth-order valence-corrected chi connectivity index (χ4v) is 2.40. The molecule has 1 N–H and O–H groups in total. The van der Waals surface area contributed by atoms with Gasteiger partial charge in [0.05, 0.1) is 0 Å². The van der Waals surface area contributed by atoms with Crippen molar-refractivity contribution in [3.63, 3.8) is 0 Å². The Labute approximate surface area is 104 Å². The lowest BCUT2D eigenvalue weighted by molar-refractivity contribution is 0.142. The summed E-state index contributed by atoms with van der Waals surface area (Å²) in [5, 5.41) is 3.65. The summed E-state index contributed by atoms with van der Waals surface area (Å²) in [6.07, 6.45) is 4.74. The van der Waals surface area contributed by atoms with Gasteiger partial charge in [-0.2, -0.15) is 0 Å². The van der Waals surface area contributed by atoms with E-state index in [1.165, 1.54) is 24.0 Å². The molecule has 1 aliphatic heterocycles. The van der Waals surface area contributed by atoms with Crippen LogP contribution < -0.4 is 5.32 Å². The van der Waals surface area contributed by atoms with E-state index in [9.17, 15) is 0 Å². The summed E-state index contributed by atoms with van der Waals surface area (Å²) in [5.41, 5.74) is 2.78. The molecule has 0 saturated carbocycles. The molecule has 1 heterocycles. The highest BCUT2D eigenvalue weighted by atomic mass is 16.5. The van der Waals surface area contributed by atoms with Crippen molar-refractivity contribution in [1.29, 1.82) is 0 Å². The zero-order valence-electron chi connectivity index (χ0n) is 10.7. The fourth-order valence-electron chi connectivity index (χ4n) is 2.40. The van der Waals surface area contributed by atoms with Crippen molar-refractivity contribution in [3.8, 4) is 0 Å². The second-order valence-corrected chi connectivity index (χ2v) is 4.93. The van der Waals surface area contributed by atoms with Crippen molar-refractivity contribution in [3.05, 3.63) is 35.4 Å². The molecule has 0 spiro atoms. The summed E-state index contributed by atoms with van der Waals surface area (Å²) >= 11 is 0. The molecule has 2 nitrogen and oxygen atoms in total. The minimum atomic E-state index is 0.655. The molecule has 17 heavy (non-hydrogen) atoms. The van der Waals surface area contributed by atoms with Gasteiger partial charge in [0.15, 0.2) is 0 Å². The lowest BCUT2D eigenvalue weighted by Crippen LogP contribution is -2.31. The van der Waals surface area contributed by atoms with Crippen LogP contribution in [-0.2, 0) is 11.2 Å². The van der Waals surface area contributed by atoms with E-state index in [0.717, 1.165) is 32.6 Å². The Morgan fingerprint density at radius 3 is 3.12 bits per heavy atom. The Hall–Kier alpha value is -0.860. The summed E-state index contributed by atoms with van der Waals surface area (Å²) < 4.78 is 5.47. The van der Waals surface area contributed by atoms with Gasteiger partial charge in [0.1, 0.15) is 0 Å². The zero-order valence-corrected chi connectivity index (χ0v) is 10.7. The second kappa shape index (κ2) is 6.77. The molecule has 0 aromatic heterocycles. The molecule has 0 radical (unpaired) electrons. The van der Waals surface area contributed by atoms with Crippen LogP contribution in [0.4, 0.5) is 0 Å². The van der Waals surface area contributed by atoms with Gasteiger partial charge in [0, 0.05) is 19.3 Å². The van der Waals surface area contributed by atoms with Crippen molar-refractivity contribution >= 4 is 0 Å². The van der Waals surface area contributed by atoms with E-state index in [-0.39, 0.29) is 0 Å². The van der Waals surface area contributed by atoms with Crippen LogP contribution in [0.15, 0.2) is 24.3 Å². The molecule has 1 saturated heterocycles. The first-order valence-corrected chi connectivity index (χ1v) is 6.71. The van der Waals surface area contributed by atoms with Crippen LogP contribution in [0.5, 0.6) is 0 Å². The van der Waals surface area contributed by atoms with E-state index in [1.807, 2.05) is 0 Å². The van der Waals surface area contributed by atoms with Gasteiger partial charge < -0.3 is 10.1 Å². The van der Waals surface area contributed by atoms with Crippen LogP contribution in [-0.4, -0.2) is 25.8 Å². The molecule has 1 aliphatic rings. The van der Waals surface area contributed by atoms with Gasteiger partial charge in [0.2, 0.25) is 0 Å². The standard InChI is InChI=1S/C15H23NO/c1-13-4-2-5-14(12-13)7-9-16-15-6-3-10-17-11-8-15/h2,4-5,12,15-16H,3,6-11H2,1H3. The molecule has 0 bridgehead atoms. The molecule has 1 aromatic rings. The monoisotopic (exact) mass is 233 g/mol. The molecular formula is C15H23NO. The van der Waals surface area contributed by atoms with Crippen LogP contribution in [0.1, 0.15) is 30.4 Å². The first kappa shape index (κ1) is 12.6. The Kier molecular flexibility index (Phi) is 5.02. The van der Waals surface area contributed by atoms with Crippen LogP contribution in [0.25, 0.3) is 0 Å². The zero-order chi connectivity index (χ0) is 11.9. The highest BCUT2D eigenvalue weighted by molar-refractivity contribution is 5.22. The molecule has 1 aromatic carbocycles. The van der Waals surface area contributed by atoms with Crippen molar-refractivity contribution in [1.82, 2.24) is 5.32 Å². The molecule has 94 valence electrons. The van der Waals surface area contributed by atoms with E-state index in [2.05, 4.69) is 36.5 Å². The Morgan fingerprint density at radius 2 is 2.24 bits per heavy atom. The van der Waals surface area contributed by atoms with Gasteiger partial charge in [-0.3, -0.25) is 0 Å². The minimum Gasteiger partial charge on any atom is -0.381 e. The summed E-state index contributed by atoms with van der Waals surface area (Å²) in [6, 6.07) is 9.44. The number of hydrogen-bond acceptors (Lipinski definition) is 2. The lowest BCUT2D eigenvalue weighted by atomic mass is 10.1. The van der Waals surface area contributed by atoms with E-state index in [1.54, 1.807) is 0 Å². The maximum Gasteiger partial charge on any atom is 0.0480 e. The van der Waals surface area contributed by atoms with Gasteiger partial charge in [-0.1, -0.05) is 29.8 Å². The first-order valence-electron chi connectivity index (χ1n) is 6.71. The summed E-state index contributed by atoms with van der Waals surface area (Å²) in [6.45, 7) is 5.09. The molecular weight excluding hydrogens is 210 g/mol. The van der Waals surface area contributed by atoms with E-state index in [4.69, 9.17) is 4.74 Å². The lowest BCUT2D eigenvalue weighted by Gasteiger charge is -2.15. The number of aryl methyl sites for hydroxylation is 1. The number of rotatable bonds is 4. The third-order valence-electron chi connectivity index (χ3n) is 3.38. The molecule has 0 amide bonds. The van der Waals surface area contributed by atoms with Gasteiger partial charge in [0.25, 0.3) is 0 Å². The fraction of sp³-hybridized carbons (Fsp3) is 0.600. The predicted molar refractivity (Wildman–Crippen MR) is 71.3 cm³/mol. The summed E-state index contributed by atoms with van der Waals surface area (Å²) in [4.78, 5) is 0.